The molecular weight excluding hydrogens is 176 g/mol. The fourth-order valence-electron chi connectivity index (χ4n) is 3.82. The first-order chi connectivity index (χ1) is 6.90. The van der Waals surface area contributed by atoms with E-state index in [1.54, 1.807) is 0 Å². The molecule has 78 valence electrons. The zero-order valence-corrected chi connectivity index (χ0v) is 8.52. The minimum atomic E-state index is 0.647. The summed E-state index contributed by atoms with van der Waals surface area (Å²) < 4.78 is 11.1. The van der Waals surface area contributed by atoms with Crippen molar-refractivity contribution in [1.82, 2.24) is 0 Å². The van der Waals surface area contributed by atoms with E-state index >= 15 is 0 Å². The standard InChI is InChI=1S/C12H18O2/c1-2-8(12-6-13-12)3-9-5-11-10(14-11)4-7(1)9/h7-12H,1-6H2. The fourth-order valence-corrected chi connectivity index (χ4v) is 3.82. The molecule has 0 spiro atoms. The van der Waals surface area contributed by atoms with Crippen LogP contribution in [0.1, 0.15) is 32.1 Å². The molecule has 4 aliphatic rings. The van der Waals surface area contributed by atoms with Crippen LogP contribution in [0.25, 0.3) is 0 Å². The van der Waals surface area contributed by atoms with Crippen molar-refractivity contribution in [2.24, 2.45) is 17.8 Å². The quantitative estimate of drug-likeness (QED) is 0.596. The highest BCUT2D eigenvalue weighted by Gasteiger charge is 2.50. The van der Waals surface area contributed by atoms with E-state index in [0.717, 1.165) is 24.4 Å². The molecule has 0 N–H and O–H groups in total. The molecule has 2 saturated carbocycles. The van der Waals surface area contributed by atoms with Gasteiger partial charge in [0.25, 0.3) is 0 Å². The summed E-state index contributed by atoms with van der Waals surface area (Å²) in [5, 5.41) is 0. The Balaban J connectivity index is 1.46. The van der Waals surface area contributed by atoms with Gasteiger partial charge < -0.3 is 9.47 Å². The summed E-state index contributed by atoms with van der Waals surface area (Å²) in [7, 11) is 0. The summed E-state index contributed by atoms with van der Waals surface area (Å²) in [5.41, 5.74) is 0. The maximum Gasteiger partial charge on any atom is 0.0844 e. The third kappa shape index (κ3) is 1.24. The molecular formula is C12H18O2. The molecule has 0 bridgehead atoms. The Bertz CT molecular complexity index is 249. The first-order valence-electron chi connectivity index (χ1n) is 6.17. The molecule has 0 aromatic rings. The molecule has 14 heavy (non-hydrogen) atoms. The van der Waals surface area contributed by atoms with E-state index in [2.05, 4.69) is 0 Å². The van der Waals surface area contributed by atoms with Gasteiger partial charge >= 0.3 is 0 Å². The Morgan fingerprint density at radius 3 is 2.21 bits per heavy atom. The van der Waals surface area contributed by atoms with Crippen LogP contribution in [0.15, 0.2) is 0 Å². The van der Waals surface area contributed by atoms with Crippen LogP contribution < -0.4 is 0 Å². The van der Waals surface area contributed by atoms with Gasteiger partial charge in [-0.3, -0.25) is 0 Å². The molecule has 6 unspecified atom stereocenters. The van der Waals surface area contributed by atoms with Crippen molar-refractivity contribution >= 4 is 0 Å². The summed E-state index contributed by atoms with van der Waals surface area (Å²) in [6.07, 6.45) is 9.01. The molecule has 6 atom stereocenters. The number of ether oxygens (including phenoxy) is 2. The molecule has 2 nitrogen and oxygen atoms in total. The van der Waals surface area contributed by atoms with Gasteiger partial charge in [0.1, 0.15) is 0 Å². The largest absolute Gasteiger partial charge is 0.373 e. The van der Waals surface area contributed by atoms with Gasteiger partial charge in [-0.1, -0.05) is 0 Å². The second-order valence-electron chi connectivity index (χ2n) is 5.65. The molecule has 2 aliphatic carbocycles. The highest BCUT2D eigenvalue weighted by molar-refractivity contribution is 4.99. The molecule has 4 fully saturated rings. The zero-order chi connectivity index (χ0) is 9.12. The zero-order valence-electron chi connectivity index (χ0n) is 8.52. The second-order valence-corrected chi connectivity index (χ2v) is 5.65. The van der Waals surface area contributed by atoms with Gasteiger partial charge in [0.15, 0.2) is 0 Å². The Morgan fingerprint density at radius 2 is 1.43 bits per heavy atom. The number of hydrogen-bond acceptors (Lipinski definition) is 2. The lowest BCUT2D eigenvalue weighted by molar-refractivity contribution is 0.126. The Labute approximate surface area is 85.0 Å². The van der Waals surface area contributed by atoms with E-state index in [9.17, 15) is 0 Å². The highest BCUT2D eigenvalue weighted by Crippen LogP contribution is 2.51. The number of fused-ring (bicyclic) bond motifs is 2. The molecule has 0 aromatic heterocycles. The molecule has 0 aromatic carbocycles. The Hall–Kier alpha value is -0.0800. The van der Waals surface area contributed by atoms with Crippen molar-refractivity contribution in [3.63, 3.8) is 0 Å². The summed E-state index contributed by atoms with van der Waals surface area (Å²) in [6, 6.07) is 0. The first kappa shape index (κ1) is 8.12. The summed E-state index contributed by atoms with van der Waals surface area (Å²) >= 11 is 0. The number of rotatable bonds is 1. The normalized spacial score (nSPS) is 60.0. The highest BCUT2D eigenvalue weighted by atomic mass is 16.6. The Kier molecular flexibility index (Phi) is 1.58. The molecule has 2 aliphatic heterocycles. The van der Waals surface area contributed by atoms with E-state index in [-0.39, 0.29) is 0 Å². The average Bonchev–Trinajstić information content (AvgIpc) is 3.06. The Morgan fingerprint density at radius 1 is 0.714 bits per heavy atom. The monoisotopic (exact) mass is 194 g/mol. The van der Waals surface area contributed by atoms with Crippen LogP contribution in [0, 0.1) is 17.8 Å². The fraction of sp³-hybridized carbons (Fsp3) is 1.00. The van der Waals surface area contributed by atoms with E-state index in [1.807, 2.05) is 0 Å². The molecule has 0 amide bonds. The van der Waals surface area contributed by atoms with E-state index in [4.69, 9.17) is 9.47 Å². The SMILES string of the molecule is C1CC(C2CO2)CC2CC3OC3CC12. The lowest BCUT2D eigenvalue weighted by Gasteiger charge is -2.37. The van der Waals surface area contributed by atoms with Crippen LogP contribution in [0.4, 0.5) is 0 Å². The summed E-state index contributed by atoms with van der Waals surface area (Å²) in [4.78, 5) is 0. The number of epoxide rings is 2. The molecule has 2 heteroatoms. The first-order valence-corrected chi connectivity index (χ1v) is 6.17. The maximum atomic E-state index is 5.65. The predicted molar refractivity (Wildman–Crippen MR) is 52.0 cm³/mol. The third-order valence-electron chi connectivity index (χ3n) is 4.82. The van der Waals surface area contributed by atoms with Crippen LogP contribution in [0.2, 0.25) is 0 Å². The van der Waals surface area contributed by atoms with E-state index < -0.39 is 0 Å². The van der Waals surface area contributed by atoms with Gasteiger partial charge in [0.2, 0.25) is 0 Å². The van der Waals surface area contributed by atoms with Gasteiger partial charge in [0.05, 0.1) is 24.9 Å². The lowest BCUT2D eigenvalue weighted by Crippen LogP contribution is -2.32. The molecule has 0 radical (unpaired) electrons. The van der Waals surface area contributed by atoms with Crippen LogP contribution >= 0.6 is 0 Å². The average molecular weight is 194 g/mol. The van der Waals surface area contributed by atoms with Crippen molar-refractivity contribution in [2.75, 3.05) is 6.61 Å². The van der Waals surface area contributed by atoms with Gasteiger partial charge in [-0.05, 0) is 49.9 Å². The van der Waals surface area contributed by atoms with Gasteiger partial charge in [0, 0.05) is 0 Å². The molecule has 4 rings (SSSR count). The summed E-state index contributed by atoms with van der Waals surface area (Å²) in [5.74, 6) is 2.86. The van der Waals surface area contributed by atoms with Crippen molar-refractivity contribution in [1.29, 1.82) is 0 Å². The van der Waals surface area contributed by atoms with Crippen molar-refractivity contribution in [3.8, 4) is 0 Å². The van der Waals surface area contributed by atoms with Crippen LogP contribution in [0.3, 0.4) is 0 Å². The third-order valence-corrected chi connectivity index (χ3v) is 4.82. The van der Waals surface area contributed by atoms with Crippen molar-refractivity contribution < 1.29 is 9.47 Å². The maximum absolute atomic E-state index is 5.65. The predicted octanol–water partition coefficient (Wildman–Crippen LogP) is 1.98. The molecule has 2 heterocycles. The van der Waals surface area contributed by atoms with Crippen molar-refractivity contribution in [3.05, 3.63) is 0 Å². The minimum absolute atomic E-state index is 0.647. The summed E-state index contributed by atoms with van der Waals surface area (Å²) in [6.45, 7) is 1.05. The van der Waals surface area contributed by atoms with Gasteiger partial charge in [-0.2, -0.15) is 0 Å². The van der Waals surface area contributed by atoms with Crippen LogP contribution in [-0.2, 0) is 9.47 Å². The van der Waals surface area contributed by atoms with Gasteiger partial charge in [-0.15, -0.1) is 0 Å². The van der Waals surface area contributed by atoms with E-state index in [1.165, 1.54) is 32.1 Å². The van der Waals surface area contributed by atoms with Crippen molar-refractivity contribution in [2.45, 2.75) is 50.4 Å². The second kappa shape index (κ2) is 2.73. The topological polar surface area (TPSA) is 25.1 Å². The van der Waals surface area contributed by atoms with E-state index in [0.29, 0.717) is 18.3 Å². The molecule has 2 saturated heterocycles. The smallest absolute Gasteiger partial charge is 0.0844 e. The van der Waals surface area contributed by atoms with Crippen LogP contribution in [-0.4, -0.2) is 24.9 Å². The van der Waals surface area contributed by atoms with Gasteiger partial charge in [-0.25, -0.2) is 0 Å². The lowest BCUT2D eigenvalue weighted by atomic mass is 9.67. The van der Waals surface area contributed by atoms with Crippen LogP contribution in [0.5, 0.6) is 0 Å². The minimum Gasteiger partial charge on any atom is -0.373 e. The number of hydrogen-bond donors (Lipinski definition) is 0.